The van der Waals surface area contributed by atoms with Gasteiger partial charge in [-0.25, -0.2) is 5.43 Å². The van der Waals surface area contributed by atoms with E-state index in [4.69, 9.17) is 27.9 Å². The van der Waals surface area contributed by atoms with E-state index in [2.05, 4.69) is 15.8 Å². The molecule has 9 heteroatoms. The quantitative estimate of drug-likeness (QED) is 0.368. The summed E-state index contributed by atoms with van der Waals surface area (Å²) in [5.41, 5.74) is 4.09. The van der Waals surface area contributed by atoms with Crippen LogP contribution in [0.25, 0.3) is 0 Å². The zero-order chi connectivity index (χ0) is 22.4. The normalized spacial score (nSPS) is 10.7. The number of aromatic hydroxyl groups is 1. The molecule has 31 heavy (non-hydrogen) atoms. The van der Waals surface area contributed by atoms with Crippen LogP contribution >= 0.6 is 23.2 Å². The Hall–Kier alpha value is -3.55. The van der Waals surface area contributed by atoms with Crippen LogP contribution in [-0.2, 0) is 0 Å². The van der Waals surface area contributed by atoms with Crippen molar-refractivity contribution < 1.29 is 19.4 Å². The zero-order valence-corrected chi connectivity index (χ0v) is 17.7. The Bertz CT molecular complexity index is 1150. The van der Waals surface area contributed by atoms with Crippen molar-refractivity contribution in [2.45, 2.75) is 0 Å². The number of carbonyl (C=O) groups is 2. The molecule has 0 bridgehead atoms. The third-order valence-electron chi connectivity index (χ3n) is 4.16. The minimum Gasteiger partial charge on any atom is -0.504 e. The second kappa shape index (κ2) is 9.97. The largest absolute Gasteiger partial charge is 0.504 e. The van der Waals surface area contributed by atoms with Crippen LogP contribution < -0.4 is 15.5 Å². The number of phenols is 1. The Balaban J connectivity index is 1.59. The predicted octanol–water partition coefficient (Wildman–Crippen LogP) is 4.72. The van der Waals surface area contributed by atoms with Gasteiger partial charge < -0.3 is 15.2 Å². The summed E-state index contributed by atoms with van der Waals surface area (Å²) in [6, 6.07) is 15.6. The topological polar surface area (TPSA) is 100 Å². The fourth-order valence-electron chi connectivity index (χ4n) is 2.59. The highest BCUT2D eigenvalue weighted by molar-refractivity contribution is 6.37. The minimum atomic E-state index is -0.437. The first kappa shape index (κ1) is 22.1. The number of ether oxygens (including phenoxy) is 1. The average Bonchev–Trinajstić information content (AvgIpc) is 2.74. The Morgan fingerprint density at radius 2 is 1.74 bits per heavy atom. The molecule has 0 aliphatic carbocycles. The molecule has 158 valence electrons. The third-order valence-corrected chi connectivity index (χ3v) is 4.71. The number of carbonyl (C=O) groups excluding carboxylic acids is 2. The maximum atomic E-state index is 12.3. The molecule has 0 spiro atoms. The lowest BCUT2D eigenvalue weighted by atomic mass is 10.1. The van der Waals surface area contributed by atoms with Crippen molar-refractivity contribution in [1.29, 1.82) is 0 Å². The number of hydrogen-bond acceptors (Lipinski definition) is 5. The Labute approximate surface area is 188 Å². The molecule has 3 aromatic rings. The number of methoxy groups -OCH3 is 1. The monoisotopic (exact) mass is 457 g/mol. The highest BCUT2D eigenvalue weighted by atomic mass is 35.5. The number of hydrogen-bond donors (Lipinski definition) is 3. The van der Waals surface area contributed by atoms with Gasteiger partial charge in [0.1, 0.15) is 0 Å². The fraction of sp³-hybridized carbons (Fsp3) is 0.0455. The van der Waals surface area contributed by atoms with Gasteiger partial charge in [-0.3, -0.25) is 9.59 Å². The number of amides is 2. The summed E-state index contributed by atoms with van der Waals surface area (Å²) in [6.07, 6.45) is 1.39. The van der Waals surface area contributed by atoms with Gasteiger partial charge in [0.25, 0.3) is 11.8 Å². The standard InChI is InChI=1S/C22H17Cl2N3O4/c1-31-20-9-2-13(10-19(20)28)12-25-27-21(29)14-3-6-16(7-4-14)26-22(30)17-8-5-15(23)11-18(17)24/h2-12,28H,1H3,(H,26,30)(H,27,29)/b25-12-. The SMILES string of the molecule is COc1ccc(/C=N\NC(=O)c2ccc(NC(=O)c3ccc(Cl)cc3Cl)cc2)cc1O. The van der Waals surface area contributed by atoms with Crippen molar-refractivity contribution in [2.75, 3.05) is 12.4 Å². The number of nitrogens with zero attached hydrogens (tertiary/aromatic N) is 1. The molecule has 2 amide bonds. The van der Waals surface area contributed by atoms with Crippen LogP contribution in [0.1, 0.15) is 26.3 Å². The van der Waals surface area contributed by atoms with E-state index >= 15 is 0 Å². The molecule has 0 unspecified atom stereocenters. The van der Waals surface area contributed by atoms with Crippen molar-refractivity contribution in [3.05, 3.63) is 87.4 Å². The Kier molecular flexibility index (Phi) is 7.12. The summed E-state index contributed by atoms with van der Waals surface area (Å²) >= 11 is 11.9. The molecule has 0 saturated carbocycles. The molecule has 0 fully saturated rings. The van der Waals surface area contributed by atoms with Gasteiger partial charge in [0.15, 0.2) is 11.5 Å². The Morgan fingerprint density at radius 3 is 2.39 bits per heavy atom. The van der Waals surface area contributed by atoms with E-state index in [0.717, 1.165) is 0 Å². The van der Waals surface area contributed by atoms with Crippen molar-refractivity contribution in [3.63, 3.8) is 0 Å². The van der Waals surface area contributed by atoms with Gasteiger partial charge in [-0.15, -0.1) is 0 Å². The highest BCUT2D eigenvalue weighted by Crippen LogP contribution is 2.25. The molecule has 0 saturated heterocycles. The van der Waals surface area contributed by atoms with Gasteiger partial charge in [-0.1, -0.05) is 23.2 Å². The second-order valence-electron chi connectivity index (χ2n) is 6.29. The van der Waals surface area contributed by atoms with Crippen molar-refractivity contribution in [1.82, 2.24) is 5.43 Å². The van der Waals surface area contributed by atoms with Crippen LogP contribution in [0.2, 0.25) is 10.0 Å². The number of anilines is 1. The van der Waals surface area contributed by atoms with Crippen LogP contribution in [-0.4, -0.2) is 30.2 Å². The predicted molar refractivity (Wildman–Crippen MR) is 121 cm³/mol. The fourth-order valence-corrected chi connectivity index (χ4v) is 3.09. The number of rotatable bonds is 6. The molecule has 0 heterocycles. The van der Waals surface area contributed by atoms with Crippen molar-refractivity contribution in [2.24, 2.45) is 5.10 Å². The van der Waals surface area contributed by atoms with Gasteiger partial charge in [-0.05, 0) is 66.2 Å². The molecule has 0 atom stereocenters. The van der Waals surface area contributed by atoms with Crippen LogP contribution in [0.5, 0.6) is 11.5 Å². The second-order valence-corrected chi connectivity index (χ2v) is 7.13. The maximum Gasteiger partial charge on any atom is 0.271 e. The third kappa shape index (κ3) is 5.75. The van der Waals surface area contributed by atoms with Crippen molar-refractivity contribution in [3.8, 4) is 11.5 Å². The summed E-state index contributed by atoms with van der Waals surface area (Å²) in [7, 11) is 1.45. The van der Waals surface area contributed by atoms with Gasteiger partial charge in [0.2, 0.25) is 0 Å². The number of hydrazone groups is 1. The Morgan fingerprint density at radius 1 is 1.00 bits per heavy atom. The van der Waals surface area contributed by atoms with E-state index < -0.39 is 11.8 Å². The van der Waals surface area contributed by atoms with Crippen LogP contribution in [0.4, 0.5) is 5.69 Å². The van der Waals surface area contributed by atoms with Crippen molar-refractivity contribution >= 4 is 46.9 Å². The van der Waals surface area contributed by atoms with E-state index in [1.807, 2.05) is 0 Å². The van der Waals surface area contributed by atoms with Crippen LogP contribution in [0.3, 0.4) is 0 Å². The molecule has 0 aliphatic heterocycles. The molecule has 0 aliphatic rings. The van der Waals surface area contributed by atoms with E-state index in [-0.39, 0.29) is 16.3 Å². The van der Waals surface area contributed by atoms with Crippen LogP contribution in [0, 0.1) is 0 Å². The summed E-state index contributed by atoms with van der Waals surface area (Å²) in [4.78, 5) is 24.6. The maximum absolute atomic E-state index is 12.3. The molecular weight excluding hydrogens is 441 g/mol. The summed E-state index contributed by atoms with van der Waals surface area (Å²) in [5, 5.41) is 17.0. The van der Waals surface area contributed by atoms with Gasteiger partial charge >= 0.3 is 0 Å². The van der Waals surface area contributed by atoms with Gasteiger partial charge in [-0.2, -0.15) is 5.10 Å². The first-order valence-electron chi connectivity index (χ1n) is 8.94. The van der Waals surface area contributed by atoms with E-state index in [1.54, 1.807) is 42.5 Å². The van der Waals surface area contributed by atoms with E-state index in [9.17, 15) is 14.7 Å². The molecule has 7 nitrogen and oxygen atoms in total. The summed E-state index contributed by atoms with van der Waals surface area (Å²) in [5.74, 6) is -0.527. The van der Waals surface area contributed by atoms with Gasteiger partial charge in [0, 0.05) is 16.3 Å². The smallest absolute Gasteiger partial charge is 0.271 e. The zero-order valence-electron chi connectivity index (χ0n) is 16.2. The minimum absolute atomic E-state index is 0.0321. The highest BCUT2D eigenvalue weighted by Gasteiger charge is 2.12. The molecular formula is C22H17Cl2N3O4. The number of halogens is 2. The average molecular weight is 458 g/mol. The number of benzene rings is 3. The number of nitrogens with one attached hydrogen (secondary N) is 2. The molecule has 3 aromatic carbocycles. The van der Waals surface area contributed by atoms with Gasteiger partial charge in [0.05, 0.1) is 23.9 Å². The lowest BCUT2D eigenvalue weighted by Crippen LogP contribution is -2.18. The van der Waals surface area contributed by atoms with E-state index in [0.29, 0.717) is 27.6 Å². The summed E-state index contributed by atoms with van der Waals surface area (Å²) in [6.45, 7) is 0. The number of phenolic OH excluding ortho intramolecular Hbond substituents is 1. The first-order valence-corrected chi connectivity index (χ1v) is 9.70. The van der Waals surface area contributed by atoms with E-state index in [1.165, 1.54) is 31.5 Å². The first-order chi connectivity index (χ1) is 14.9. The molecule has 0 radical (unpaired) electrons. The van der Waals surface area contributed by atoms with Crippen LogP contribution in [0.15, 0.2) is 65.8 Å². The molecule has 3 rings (SSSR count). The molecule has 3 N–H and O–H groups in total. The lowest BCUT2D eigenvalue weighted by molar-refractivity contribution is 0.0954. The summed E-state index contributed by atoms with van der Waals surface area (Å²) < 4.78 is 4.97. The molecule has 0 aromatic heterocycles. The lowest BCUT2D eigenvalue weighted by Gasteiger charge is -2.08.